The molecule has 0 spiro atoms. The van der Waals surface area contributed by atoms with Gasteiger partial charge in [-0.1, -0.05) is 24.3 Å². The maximum Gasteiger partial charge on any atom is 0.261 e. The average molecular weight is 328 g/mol. The predicted molar refractivity (Wildman–Crippen MR) is 90.0 cm³/mol. The molecule has 2 amide bonds. The molecule has 6 heteroatoms. The Balaban J connectivity index is 1.67. The number of ether oxygens (including phenoxy) is 2. The van der Waals surface area contributed by atoms with Crippen molar-refractivity contribution in [2.24, 2.45) is 5.73 Å². The number of nitrogens with zero attached hydrogens (tertiary/aromatic N) is 1. The smallest absolute Gasteiger partial charge is 0.261 e. The van der Waals surface area contributed by atoms with Gasteiger partial charge in [-0.2, -0.15) is 0 Å². The minimum atomic E-state index is -0.271. The fraction of sp³-hybridized carbons (Fsp3) is 0.333. The molecule has 0 radical (unpaired) electrons. The predicted octanol–water partition coefficient (Wildman–Crippen LogP) is 1.43. The topological polar surface area (TPSA) is 81.9 Å². The SMILES string of the molecule is NCCOCCOCCN1C(=O)c2cccc3cccc(c23)C1=O. The average Bonchev–Trinajstić information content (AvgIpc) is 2.61. The van der Waals surface area contributed by atoms with Crippen molar-refractivity contribution in [3.05, 3.63) is 47.5 Å². The zero-order chi connectivity index (χ0) is 16.9. The van der Waals surface area contributed by atoms with E-state index in [9.17, 15) is 9.59 Å². The van der Waals surface area contributed by atoms with E-state index in [-0.39, 0.29) is 25.0 Å². The monoisotopic (exact) mass is 328 g/mol. The van der Waals surface area contributed by atoms with E-state index in [0.717, 1.165) is 10.8 Å². The molecule has 2 aromatic carbocycles. The number of nitrogens with two attached hydrogens (primary N) is 1. The minimum Gasteiger partial charge on any atom is -0.378 e. The number of benzene rings is 2. The molecule has 0 fully saturated rings. The first-order valence-electron chi connectivity index (χ1n) is 7.97. The summed E-state index contributed by atoms with van der Waals surface area (Å²) in [5, 5.41) is 1.64. The van der Waals surface area contributed by atoms with E-state index in [1.807, 2.05) is 24.3 Å². The Morgan fingerprint density at radius 1 is 0.833 bits per heavy atom. The molecule has 1 aliphatic rings. The van der Waals surface area contributed by atoms with Gasteiger partial charge in [0.1, 0.15) is 0 Å². The summed E-state index contributed by atoms with van der Waals surface area (Å²) in [4.78, 5) is 26.5. The van der Waals surface area contributed by atoms with Crippen LogP contribution in [-0.2, 0) is 9.47 Å². The second-order valence-corrected chi connectivity index (χ2v) is 5.48. The summed E-state index contributed by atoms with van der Waals surface area (Å²) in [6.07, 6.45) is 0. The third-order valence-electron chi connectivity index (χ3n) is 3.95. The van der Waals surface area contributed by atoms with Crippen LogP contribution < -0.4 is 5.73 Å². The quantitative estimate of drug-likeness (QED) is 0.585. The first kappa shape index (κ1) is 16.6. The largest absolute Gasteiger partial charge is 0.378 e. The molecular weight excluding hydrogens is 308 g/mol. The lowest BCUT2D eigenvalue weighted by Crippen LogP contribution is -2.42. The highest BCUT2D eigenvalue weighted by Crippen LogP contribution is 2.29. The van der Waals surface area contributed by atoms with Gasteiger partial charge >= 0.3 is 0 Å². The summed E-state index contributed by atoms with van der Waals surface area (Å²) in [6, 6.07) is 11.0. The summed E-state index contributed by atoms with van der Waals surface area (Å²) < 4.78 is 10.6. The van der Waals surface area contributed by atoms with Crippen molar-refractivity contribution in [1.82, 2.24) is 4.90 Å². The van der Waals surface area contributed by atoms with E-state index in [1.54, 1.807) is 12.1 Å². The molecule has 2 aromatic rings. The van der Waals surface area contributed by atoms with Crippen molar-refractivity contribution in [2.45, 2.75) is 0 Å². The molecule has 6 nitrogen and oxygen atoms in total. The molecule has 126 valence electrons. The summed E-state index contributed by atoms with van der Waals surface area (Å²) in [6.45, 7) is 2.32. The summed E-state index contributed by atoms with van der Waals surface area (Å²) in [5.74, 6) is -0.542. The highest BCUT2D eigenvalue weighted by molar-refractivity contribution is 6.25. The van der Waals surface area contributed by atoms with Gasteiger partial charge in [0.25, 0.3) is 11.8 Å². The molecule has 0 aliphatic carbocycles. The highest BCUT2D eigenvalue weighted by atomic mass is 16.5. The Morgan fingerprint density at radius 3 is 2.00 bits per heavy atom. The number of imide groups is 1. The van der Waals surface area contributed by atoms with Crippen LogP contribution in [0.25, 0.3) is 10.8 Å². The van der Waals surface area contributed by atoms with Crippen molar-refractivity contribution >= 4 is 22.6 Å². The van der Waals surface area contributed by atoms with Gasteiger partial charge in [0.2, 0.25) is 0 Å². The number of carbonyl (C=O) groups is 2. The Bertz CT molecular complexity index is 709. The Kier molecular flexibility index (Phi) is 5.20. The molecule has 0 unspecified atom stereocenters. The second kappa shape index (κ2) is 7.53. The van der Waals surface area contributed by atoms with Crippen molar-refractivity contribution in [3.8, 4) is 0 Å². The van der Waals surface area contributed by atoms with Gasteiger partial charge in [-0.3, -0.25) is 14.5 Å². The van der Waals surface area contributed by atoms with Gasteiger partial charge in [-0.25, -0.2) is 0 Å². The van der Waals surface area contributed by atoms with Gasteiger partial charge in [-0.05, 0) is 17.5 Å². The molecule has 0 atom stereocenters. The van der Waals surface area contributed by atoms with Crippen molar-refractivity contribution in [1.29, 1.82) is 0 Å². The number of hydrogen-bond acceptors (Lipinski definition) is 5. The molecule has 2 N–H and O–H groups in total. The van der Waals surface area contributed by atoms with Crippen LogP contribution in [0.3, 0.4) is 0 Å². The Hall–Kier alpha value is -2.28. The summed E-state index contributed by atoms with van der Waals surface area (Å²) >= 11 is 0. The van der Waals surface area contributed by atoms with Gasteiger partial charge in [-0.15, -0.1) is 0 Å². The molecule has 3 rings (SSSR count). The van der Waals surface area contributed by atoms with E-state index in [1.165, 1.54) is 4.90 Å². The van der Waals surface area contributed by atoms with Crippen LogP contribution in [0.2, 0.25) is 0 Å². The molecule has 1 heterocycles. The second-order valence-electron chi connectivity index (χ2n) is 5.48. The number of amides is 2. The van der Waals surface area contributed by atoms with Crippen molar-refractivity contribution in [2.75, 3.05) is 39.5 Å². The van der Waals surface area contributed by atoms with Gasteiger partial charge < -0.3 is 15.2 Å². The maximum atomic E-state index is 12.6. The first-order chi connectivity index (χ1) is 11.7. The standard InChI is InChI=1S/C18H20N2O4/c19-7-9-23-11-12-24-10-8-20-17(21)14-5-1-3-13-4-2-6-15(16(13)14)18(20)22/h1-6H,7-12,19H2. The molecular formula is C18H20N2O4. The molecule has 0 aromatic heterocycles. The molecule has 24 heavy (non-hydrogen) atoms. The molecule has 0 bridgehead atoms. The Morgan fingerprint density at radius 2 is 1.42 bits per heavy atom. The lowest BCUT2D eigenvalue weighted by molar-refractivity contribution is 0.0353. The number of rotatable bonds is 8. The van der Waals surface area contributed by atoms with E-state index in [0.29, 0.717) is 37.5 Å². The van der Waals surface area contributed by atoms with E-state index < -0.39 is 0 Å². The van der Waals surface area contributed by atoms with E-state index in [2.05, 4.69) is 0 Å². The van der Waals surface area contributed by atoms with Crippen molar-refractivity contribution in [3.63, 3.8) is 0 Å². The maximum absolute atomic E-state index is 12.6. The lowest BCUT2D eigenvalue weighted by Gasteiger charge is -2.27. The van der Waals surface area contributed by atoms with Gasteiger partial charge in [0.05, 0.1) is 33.0 Å². The van der Waals surface area contributed by atoms with Crippen LogP contribution >= 0.6 is 0 Å². The number of carbonyl (C=O) groups excluding carboxylic acids is 2. The van der Waals surface area contributed by atoms with Gasteiger partial charge in [0, 0.05) is 23.1 Å². The summed E-state index contributed by atoms with van der Waals surface area (Å²) in [5.41, 5.74) is 6.45. The minimum absolute atomic E-state index is 0.222. The first-order valence-corrected chi connectivity index (χ1v) is 7.97. The van der Waals surface area contributed by atoms with Crippen LogP contribution in [0.1, 0.15) is 20.7 Å². The normalized spacial score (nSPS) is 13.8. The van der Waals surface area contributed by atoms with Gasteiger partial charge in [0.15, 0.2) is 0 Å². The van der Waals surface area contributed by atoms with E-state index in [4.69, 9.17) is 15.2 Å². The number of hydrogen-bond donors (Lipinski definition) is 1. The Labute approximate surface area is 140 Å². The lowest BCUT2D eigenvalue weighted by atomic mass is 9.94. The fourth-order valence-corrected chi connectivity index (χ4v) is 2.84. The summed E-state index contributed by atoms with van der Waals surface area (Å²) in [7, 11) is 0. The zero-order valence-corrected chi connectivity index (χ0v) is 13.4. The van der Waals surface area contributed by atoms with Crippen LogP contribution in [0, 0.1) is 0 Å². The highest BCUT2D eigenvalue weighted by Gasteiger charge is 2.32. The molecule has 0 saturated carbocycles. The van der Waals surface area contributed by atoms with E-state index >= 15 is 0 Å². The third-order valence-corrected chi connectivity index (χ3v) is 3.95. The van der Waals surface area contributed by atoms with Crippen molar-refractivity contribution < 1.29 is 19.1 Å². The van der Waals surface area contributed by atoms with Crippen LogP contribution in [0.15, 0.2) is 36.4 Å². The molecule has 1 aliphatic heterocycles. The molecule has 0 saturated heterocycles. The van der Waals surface area contributed by atoms with Crippen LogP contribution in [-0.4, -0.2) is 56.2 Å². The van der Waals surface area contributed by atoms with Crippen LogP contribution in [0.5, 0.6) is 0 Å². The fourth-order valence-electron chi connectivity index (χ4n) is 2.84. The zero-order valence-electron chi connectivity index (χ0n) is 13.4. The third kappa shape index (κ3) is 3.17. The van der Waals surface area contributed by atoms with Crippen LogP contribution in [0.4, 0.5) is 0 Å².